The highest BCUT2D eigenvalue weighted by Crippen LogP contribution is 2.39. The molecule has 2 unspecified atom stereocenters. The lowest BCUT2D eigenvalue weighted by Gasteiger charge is -2.46. The third-order valence-corrected chi connectivity index (χ3v) is 7.10. The second-order valence-electron chi connectivity index (χ2n) is 9.63. The molecule has 2 aromatic carbocycles. The second-order valence-corrected chi connectivity index (χ2v) is 9.63. The minimum atomic E-state index is -3.13. The van der Waals surface area contributed by atoms with Gasteiger partial charge in [-0.1, -0.05) is 18.2 Å². The third-order valence-electron chi connectivity index (χ3n) is 7.10. The van der Waals surface area contributed by atoms with Crippen LogP contribution in [0.5, 0.6) is 0 Å². The molecule has 1 amide bonds. The molecule has 0 saturated carbocycles. The van der Waals surface area contributed by atoms with E-state index in [9.17, 15) is 18.7 Å². The van der Waals surface area contributed by atoms with E-state index in [1.165, 1.54) is 17.8 Å². The van der Waals surface area contributed by atoms with Crippen molar-refractivity contribution < 1.29 is 23.4 Å². The van der Waals surface area contributed by atoms with Gasteiger partial charge in [-0.2, -0.15) is 8.78 Å². The smallest absolute Gasteiger partial charge is 0.286 e. The zero-order chi connectivity index (χ0) is 25.4. The van der Waals surface area contributed by atoms with Crippen molar-refractivity contribution in [2.75, 3.05) is 36.6 Å². The summed E-state index contributed by atoms with van der Waals surface area (Å²) < 4.78 is 33.0. The van der Waals surface area contributed by atoms with Gasteiger partial charge in [-0.25, -0.2) is 0 Å². The number of halogens is 2. The van der Waals surface area contributed by atoms with Gasteiger partial charge in [0.1, 0.15) is 5.69 Å². The summed E-state index contributed by atoms with van der Waals surface area (Å²) in [7, 11) is 0. The fraction of sp³-hybridized carbons (Fsp3) is 0.357. The summed E-state index contributed by atoms with van der Waals surface area (Å²) in [6, 6.07) is 14.7. The zero-order valence-electron chi connectivity index (χ0n) is 20.3. The molecule has 3 heterocycles. The Morgan fingerprint density at radius 3 is 2.83 bits per heavy atom. The maximum Gasteiger partial charge on any atom is 0.286 e. The van der Waals surface area contributed by atoms with E-state index in [4.69, 9.17) is 4.74 Å². The average Bonchev–Trinajstić information content (AvgIpc) is 2.88. The minimum Gasteiger partial charge on any atom is -0.396 e. The molecule has 1 aromatic heterocycles. The van der Waals surface area contributed by atoms with Crippen LogP contribution < -0.4 is 10.2 Å². The number of alkyl halides is 2. The molecule has 6 nitrogen and oxygen atoms in total. The maximum absolute atomic E-state index is 13.7. The molecule has 0 spiro atoms. The van der Waals surface area contributed by atoms with Crippen molar-refractivity contribution >= 4 is 17.3 Å². The van der Waals surface area contributed by atoms with E-state index in [0.29, 0.717) is 18.9 Å². The molecule has 2 N–H and O–H groups in total. The molecular formula is C28H29F2N3O3. The van der Waals surface area contributed by atoms with Crippen LogP contribution in [0.15, 0.2) is 54.7 Å². The van der Waals surface area contributed by atoms with Gasteiger partial charge in [0.2, 0.25) is 0 Å². The molecule has 2 atom stereocenters. The highest BCUT2D eigenvalue weighted by atomic mass is 19.3. The van der Waals surface area contributed by atoms with Crippen molar-refractivity contribution in [1.82, 2.24) is 4.98 Å². The van der Waals surface area contributed by atoms with Crippen LogP contribution in [-0.2, 0) is 17.1 Å². The summed E-state index contributed by atoms with van der Waals surface area (Å²) in [5, 5.41) is 12.7. The van der Waals surface area contributed by atoms with Crippen molar-refractivity contribution in [3.63, 3.8) is 0 Å². The average molecular weight is 494 g/mol. The van der Waals surface area contributed by atoms with Gasteiger partial charge in [0, 0.05) is 49.1 Å². The van der Waals surface area contributed by atoms with Crippen molar-refractivity contribution in [3.05, 3.63) is 77.1 Å². The van der Waals surface area contributed by atoms with Gasteiger partial charge >= 0.3 is 0 Å². The van der Waals surface area contributed by atoms with Crippen molar-refractivity contribution in [1.29, 1.82) is 0 Å². The number of hydrogen-bond acceptors (Lipinski definition) is 5. The number of benzene rings is 2. The second kappa shape index (κ2) is 9.59. The van der Waals surface area contributed by atoms with Gasteiger partial charge in [-0.15, -0.1) is 0 Å². The number of ether oxygens (including phenoxy) is 1. The molecule has 5 rings (SSSR count). The summed E-state index contributed by atoms with van der Waals surface area (Å²) in [6.07, 6.45) is 2.02. The Balaban J connectivity index is 1.43. The summed E-state index contributed by atoms with van der Waals surface area (Å²) in [6.45, 7) is 4.93. The van der Waals surface area contributed by atoms with Gasteiger partial charge < -0.3 is 20.1 Å². The molecule has 1 fully saturated rings. The quantitative estimate of drug-likeness (QED) is 0.535. The number of pyridine rings is 1. The Morgan fingerprint density at radius 2 is 2.06 bits per heavy atom. The molecule has 3 aromatic rings. The number of carbonyl (C=O) groups is 1. The standard InChI is InChI=1S/C28H29F2N3O3/c1-17-3-6-22(32-27(35)20-7-8-31-26(13-20)28(2,29)30)14-23(17)18-4-5-19-11-21(15-34)25-16-36-10-9-33(25)24(19)12-18/h3-8,12-14,21,25,34H,9-11,15-16H2,1-2H3,(H,32,35). The van der Waals surface area contributed by atoms with E-state index in [1.807, 2.05) is 19.1 Å². The Morgan fingerprint density at radius 1 is 1.22 bits per heavy atom. The van der Waals surface area contributed by atoms with E-state index in [-0.39, 0.29) is 24.1 Å². The number of anilines is 2. The Hall–Kier alpha value is -3.36. The largest absolute Gasteiger partial charge is 0.396 e. The van der Waals surface area contributed by atoms with Gasteiger partial charge in [0.15, 0.2) is 0 Å². The van der Waals surface area contributed by atoms with Gasteiger partial charge in [-0.05, 0) is 65.9 Å². The molecular weight excluding hydrogens is 464 g/mol. The number of aryl methyl sites for hydroxylation is 1. The lowest BCUT2D eigenvalue weighted by Crippen LogP contribution is -2.53. The first-order valence-corrected chi connectivity index (χ1v) is 12.1. The van der Waals surface area contributed by atoms with E-state index in [1.54, 1.807) is 6.07 Å². The molecule has 2 aliphatic heterocycles. The first-order chi connectivity index (χ1) is 17.2. The van der Waals surface area contributed by atoms with Crippen LogP contribution in [0.25, 0.3) is 11.1 Å². The fourth-order valence-corrected chi connectivity index (χ4v) is 5.11. The SMILES string of the molecule is Cc1ccc(NC(=O)c2ccnc(C(C)(F)F)c2)cc1-c1ccc2c(c1)N1CCOCC1C(CO)C2. The van der Waals surface area contributed by atoms with Crippen LogP contribution in [0.3, 0.4) is 0 Å². The van der Waals surface area contributed by atoms with E-state index < -0.39 is 17.5 Å². The highest BCUT2D eigenvalue weighted by molar-refractivity contribution is 6.04. The van der Waals surface area contributed by atoms with E-state index in [0.717, 1.165) is 48.3 Å². The number of aliphatic hydroxyl groups is 1. The summed E-state index contributed by atoms with van der Waals surface area (Å²) in [5.74, 6) is -3.46. The lowest BCUT2D eigenvalue weighted by molar-refractivity contribution is 0.0127. The van der Waals surface area contributed by atoms with Crippen molar-refractivity contribution in [2.24, 2.45) is 5.92 Å². The number of nitrogens with one attached hydrogen (secondary N) is 1. The number of carbonyl (C=O) groups excluding carboxylic acids is 1. The number of aromatic nitrogens is 1. The van der Waals surface area contributed by atoms with E-state index >= 15 is 0 Å². The van der Waals surface area contributed by atoms with Gasteiger partial charge in [0.25, 0.3) is 11.8 Å². The van der Waals surface area contributed by atoms with Crippen LogP contribution in [0, 0.1) is 12.8 Å². The molecule has 0 bridgehead atoms. The molecule has 2 aliphatic rings. The van der Waals surface area contributed by atoms with Crippen LogP contribution in [0.2, 0.25) is 0 Å². The topological polar surface area (TPSA) is 74.7 Å². The maximum atomic E-state index is 13.7. The Bertz CT molecular complexity index is 1290. The number of morpholine rings is 1. The van der Waals surface area contributed by atoms with Crippen molar-refractivity contribution in [3.8, 4) is 11.1 Å². The number of aliphatic hydroxyl groups excluding tert-OH is 1. The summed E-state index contributed by atoms with van der Waals surface area (Å²) >= 11 is 0. The molecule has 0 aliphatic carbocycles. The number of nitrogens with zero attached hydrogens (tertiary/aromatic N) is 2. The molecule has 1 saturated heterocycles. The summed E-state index contributed by atoms with van der Waals surface area (Å²) in [5.41, 5.74) is 5.65. The van der Waals surface area contributed by atoms with Crippen molar-refractivity contribution in [2.45, 2.75) is 32.2 Å². The number of hydrogen-bond donors (Lipinski definition) is 2. The van der Waals surface area contributed by atoms with Gasteiger partial charge in [-0.3, -0.25) is 9.78 Å². The predicted octanol–water partition coefficient (Wildman–Crippen LogP) is 4.79. The number of amides is 1. The number of fused-ring (bicyclic) bond motifs is 3. The normalized spacial score (nSPS) is 19.4. The van der Waals surface area contributed by atoms with Crippen LogP contribution >= 0.6 is 0 Å². The Kier molecular flexibility index (Phi) is 6.49. The van der Waals surface area contributed by atoms with Crippen LogP contribution in [0.1, 0.15) is 34.1 Å². The number of rotatable bonds is 5. The monoisotopic (exact) mass is 493 g/mol. The molecule has 188 valence electrons. The fourth-order valence-electron chi connectivity index (χ4n) is 5.11. The van der Waals surface area contributed by atoms with E-state index in [2.05, 4.69) is 33.4 Å². The predicted molar refractivity (Wildman–Crippen MR) is 135 cm³/mol. The van der Waals surface area contributed by atoms with Gasteiger partial charge in [0.05, 0.1) is 19.3 Å². The lowest BCUT2D eigenvalue weighted by atomic mass is 9.84. The highest BCUT2D eigenvalue weighted by Gasteiger charge is 2.36. The summed E-state index contributed by atoms with van der Waals surface area (Å²) in [4.78, 5) is 18.8. The molecule has 36 heavy (non-hydrogen) atoms. The molecule has 0 radical (unpaired) electrons. The third kappa shape index (κ3) is 4.70. The Labute approximate surface area is 208 Å². The first-order valence-electron chi connectivity index (χ1n) is 12.1. The molecule has 8 heteroatoms. The first kappa shape index (κ1) is 24.3. The van der Waals surface area contributed by atoms with Crippen LogP contribution in [-0.4, -0.2) is 48.4 Å². The van der Waals surface area contributed by atoms with Crippen LogP contribution in [0.4, 0.5) is 20.2 Å². The zero-order valence-corrected chi connectivity index (χ0v) is 20.3. The minimum absolute atomic E-state index is 0.120.